The van der Waals surface area contributed by atoms with E-state index < -0.39 is 15.8 Å². The molecular formula is C20H24N6O4S. The number of benzene rings is 1. The first-order valence-corrected chi connectivity index (χ1v) is 11.8. The molecule has 3 aromatic rings. The van der Waals surface area contributed by atoms with Crippen LogP contribution in [0.5, 0.6) is 0 Å². The number of aromatic nitrogens is 3. The van der Waals surface area contributed by atoms with Crippen molar-refractivity contribution in [2.45, 2.75) is 17.7 Å². The van der Waals surface area contributed by atoms with Gasteiger partial charge in [0, 0.05) is 52.5 Å². The summed E-state index contributed by atoms with van der Waals surface area (Å²) in [5.41, 5.74) is 0.828. The van der Waals surface area contributed by atoms with Gasteiger partial charge in [0.25, 0.3) is 0 Å². The number of rotatable bonds is 4. The third-order valence-corrected chi connectivity index (χ3v) is 7.87. The van der Waals surface area contributed by atoms with E-state index in [1.54, 1.807) is 13.2 Å². The van der Waals surface area contributed by atoms with Crippen LogP contribution in [0.2, 0.25) is 0 Å². The topological polar surface area (TPSA) is 105 Å². The summed E-state index contributed by atoms with van der Waals surface area (Å²) in [4.78, 5) is 25.2. The average Bonchev–Trinajstić information content (AvgIpc) is 3.43. The van der Waals surface area contributed by atoms with E-state index in [1.807, 2.05) is 6.07 Å². The Morgan fingerprint density at radius 2 is 1.71 bits per heavy atom. The van der Waals surface area contributed by atoms with Crippen molar-refractivity contribution in [2.24, 2.45) is 7.05 Å². The van der Waals surface area contributed by atoms with Crippen molar-refractivity contribution in [3.63, 3.8) is 0 Å². The van der Waals surface area contributed by atoms with Crippen molar-refractivity contribution in [3.8, 4) is 0 Å². The average molecular weight is 445 g/mol. The van der Waals surface area contributed by atoms with Gasteiger partial charge in [-0.15, -0.1) is 0 Å². The normalized spacial score (nSPS) is 18.2. The Labute approximate surface area is 179 Å². The predicted molar refractivity (Wildman–Crippen MR) is 116 cm³/mol. The first-order chi connectivity index (χ1) is 14.9. The zero-order valence-electron chi connectivity index (χ0n) is 17.3. The van der Waals surface area contributed by atoms with Gasteiger partial charge in [-0.05, 0) is 37.1 Å². The summed E-state index contributed by atoms with van der Waals surface area (Å²) in [6.07, 6.45) is 4.08. The van der Waals surface area contributed by atoms with E-state index in [0.29, 0.717) is 37.3 Å². The molecule has 0 atom stereocenters. The molecule has 0 radical (unpaired) electrons. The fourth-order valence-electron chi connectivity index (χ4n) is 4.16. The van der Waals surface area contributed by atoms with Crippen LogP contribution in [-0.4, -0.2) is 66.5 Å². The second-order valence-corrected chi connectivity index (χ2v) is 9.79. The van der Waals surface area contributed by atoms with Gasteiger partial charge in [-0.3, -0.25) is 4.57 Å². The van der Waals surface area contributed by atoms with Gasteiger partial charge in [0.1, 0.15) is 5.82 Å². The van der Waals surface area contributed by atoms with Crippen molar-refractivity contribution in [1.82, 2.24) is 18.8 Å². The van der Waals surface area contributed by atoms with Crippen molar-refractivity contribution in [3.05, 3.63) is 41.0 Å². The molecule has 5 rings (SSSR count). The lowest BCUT2D eigenvalue weighted by Crippen LogP contribution is -2.49. The molecule has 0 N–H and O–H groups in total. The van der Waals surface area contributed by atoms with E-state index in [4.69, 9.17) is 9.40 Å². The van der Waals surface area contributed by atoms with Crippen molar-refractivity contribution < 1.29 is 12.8 Å². The summed E-state index contributed by atoms with van der Waals surface area (Å²) in [6, 6.07) is 6.38. The number of aryl methyl sites for hydroxylation is 1. The smallest absolute Gasteiger partial charge is 0.408 e. The molecular weight excluding hydrogens is 420 g/mol. The number of oxazole rings is 1. The Balaban J connectivity index is 1.32. The molecule has 0 amide bonds. The van der Waals surface area contributed by atoms with Crippen molar-refractivity contribution in [1.29, 1.82) is 0 Å². The second-order valence-electron chi connectivity index (χ2n) is 7.86. The molecule has 1 aromatic carbocycles. The Morgan fingerprint density at radius 1 is 0.968 bits per heavy atom. The van der Waals surface area contributed by atoms with Gasteiger partial charge in [-0.1, -0.05) is 0 Å². The Hall–Kier alpha value is -2.92. The van der Waals surface area contributed by atoms with Crippen LogP contribution in [-0.2, 0) is 17.1 Å². The predicted octanol–water partition coefficient (Wildman–Crippen LogP) is 1.03. The highest BCUT2D eigenvalue weighted by Crippen LogP contribution is 2.24. The van der Waals surface area contributed by atoms with Gasteiger partial charge in [-0.2, -0.15) is 9.29 Å². The minimum absolute atomic E-state index is 0.156. The van der Waals surface area contributed by atoms with Crippen LogP contribution >= 0.6 is 0 Å². The molecule has 0 unspecified atom stereocenters. The van der Waals surface area contributed by atoms with E-state index in [-0.39, 0.29) is 4.90 Å². The third-order valence-electron chi connectivity index (χ3n) is 5.98. The van der Waals surface area contributed by atoms with Gasteiger partial charge in [0.15, 0.2) is 5.58 Å². The van der Waals surface area contributed by atoms with Gasteiger partial charge in [-0.25, -0.2) is 18.2 Å². The zero-order chi connectivity index (χ0) is 21.6. The lowest BCUT2D eigenvalue weighted by Gasteiger charge is -2.34. The van der Waals surface area contributed by atoms with E-state index in [1.165, 1.54) is 27.1 Å². The number of hydrogen-bond donors (Lipinski definition) is 0. The molecule has 2 aromatic heterocycles. The van der Waals surface area contributed by atoms with E-state index in [9.17, 15) is 13.2 Å². The van der Waals surface area contributed by atoms with E-state index >= 15 is 0 Å². The SMILES string of the molecule is Cn1c(=O)oc2ccc(S(=O)(=O)N3CCN(c4ccnc(N5CCCC5)n4)CC3)cc21. The highest BCUT2D eigenvalue weighted by Gasteiger charge is 2.30. The fourth-order valence-corrected chi connectivity index (χ4v) is 5.60. The lowest BCUT2D eigenvalue weighted by atomic mass is 10.3. The molecule has 2 aliphatic heterocycles. The van der Waals surface area contributed by atoms with Crippen LogP contribution in [0.3, 0.4) is 0 Å². The van der Waals surface area contributed by atoms with Crippen LogP contribution < -0.4 is 15.6 Å². The first kappa shape index (κ1) is 20.0. The summed E-state index contributed by atoms with van der Waals surface area (Å²) >= 11 is 0. The molecule has 11 heteroatoms. The molecule has 2 fully saturated rings. The molecule has 0 aliphatic carbocycles. The number of anilines is 2. The minimum Gasteiger partial charge on any atom is -0.408 e. The maximum absolute atomic E-state index is 13.2. The van der Waals surface area contributed by atoms with Crippen LogP contribution in [0, 0.1) is 0 Å². The molecule has 0 spiro atoms. The summed E-state index contributed by atoms with van der Waals surface area (Å²) in [6.45, 7) is 3.75. The van der Waals surface area contributed by atoms with Crippen LogP contribution in [0.25, 0.3) is 11.1 Å². The highest BCUT2D eigenvalue weighted by atomic mass is 32.2. The van der Waals surface area contributed by atoms with Gasteiger partial charge in [0.05, 0.1) is 10.4 Å². The van der Waals surface area contributed by atoms with Crippen LogP contribution in [0.15, 0.2) is 44.6 Å². The molecule has 10 nitrogen and oxygen atoms in total. The summed E-state index contributed by atoms with van der Waals surface area (Å²) in [7, 11) is -2.12. The Morgan fingerprint density at radius 3 is 2.45 bits per heavy atom. The highest BCUT2D eigenvalue weighted by molar-refractivity contribution is 7.89. The summed E-state index contributed by atoms with van der Waals surface area (Å²) in [5, 5.41) is 0. The number of sulfonamides is 1. The number of hydrogen-bond acceptors (Lipinski definition) is 8. The van der Waals surface area contributed by atoms with E-state index in [2.05, 4.69) is 14.8 Å². The number of fused-ring (bicyclic) bond motifs is 1. The molecule has 31 heavy (non-hydrogen) atoms. The van der Waals surface area contributed by atoms with E-state index in [0.717, 1.165) is 37.7 Å². The molecule has 164 valence electrons. The maximum atomic E-state index is 13.2. The van der Waals surface area contributed by atoms with Crippen molar-refractivity contribution in [2.75, 3.05) is 49.1 Å². The van der Waals surface area contributed by atoms with Gasteiger partial charge < -0.3 is 14.2 Å². The standard InChI is InChI=1S/C20H24N6O4S/c1-23-16-14-15(4-5-17(16)30-20(23)27)31(28,29)26-12-10-24(11-13-26)18-6-7-21-19(22-18)25-8-2-3-9-25/h4-7,14H,2-3,8-13H2,1H3. The molecule has 0 saturated carbocycles. The van der Waals surface area contributed by atoms with Crippen molar-refractivity contribution >= 4 is 32.9 Å². The first-order valence-electron chi connectivity index (χ1n) is 10.4. The number of piperazine rings is 1. The maximum Gasteiger partial charge on any atom is 0.419 e. The van der Waals surface area contributed by atoms with Gasteiger partial charge in [0.2, 0.25) is 16.0 Å². The van der Waals surface area contributed by atoms with Crippen LogP contribution in [0.1, 0.15) is 12.8 Å². The molecule has 2 aliphatic rings. The molecule has 0 bridgehead atoms. The summed E-state index contributed by atoms with van der Waals surface area (Å²) < 4.78 is 34.2. The zero-order valence-corrected chi connectivity index (χ0v) is 18.1. The minimum atomic E-state index is -3.68. The largest absolute Gasteiger partial charge is 0.419 e. The monoisotopic (exact) mass is 444 g/mol. The third kappa shape index (κ3) is 3.57. The molecule has 4 heterocycles. The quantitative estimate of drug-likeness (QED) is 0.588. The Kier molecular flexibility index (Phi) is 4.94. The lowest BCUT2D eigenvalue weighted by molar-refractivity contribution is 0.384. The van der Waals surface area contributed by atoms with Gasteiger partial charge >= 0.3 is 5.76 Å². The molecule has 2 saturated heterocycles. The summed E-state index contributed by atoms with van der Waals surface area (Å²) in [5.74, 6) is 1.05. The van der Waals surface area contributed by atoms with Crippen LogP contribution in [0.4, 0.5) is 11.8 Å². The number of nitrogens with zero attached hydrogens (tertiary/aromatic N) is 6. The fraction of sp³-hybridized carbons (Fsp3) is 0.450. The second kappa shape index (κ2) is 7.65. The Bertz CT molecular complexity index is 1270.